The Morgan fingerprint density at radius 2 is 2.11 bits per heavy atom. The van der Waals surface area contributed by atoms with E-state index in [0.29, 0.717) is 6.04 Å². The maximum absolute atomic E-state index is 11.7. The van der Waals surface area contributed by atoms with E-state index >= 15 is 0 Å². The third-order valence-corrected chi connectivity index (χ3v) is 3.84. The minimum Gasteiger partial charge on any atom is -0.368 e. The summed E-state index contributed by atoms with van der Waals surface area (Å²) in [5.41, 5.74) is 2.02. The van der Waals surface area contributed by atoms with Gasteiger partial charge in [-0.15, -0.1) is 0 Å². The first-order valence-corrected chi connectivity index (χ1v) is 7.10. The van der Waals surface area contributed by atoms with E-state index in [9.17, 15) is 4.79 Å². The summed E-state index contributed by atoms with van der Waals surface area (Å²) in [5.74, 6) is 0.173. The van der Waals surface area contributed by atoms with E-state index in [0.717, 1.165) is 17.8 Å². The summed E-state index contributed by atoms with van der Waals surface area (Å²) >= 11 is 0. The van der Waals surface area contributed by atoms with E-state index in [4.69, 9.17) is 0 Å². The Hall–Kier alpha value is -1.31. The number of hydrogen-bond donors (Lipinski definition) is 0. The molecule has 0 aromatic heterocycles. The molecule has 1 atom stereocenters. The Bertz CT molecular complexity index is 411. The van der Waals surface area contributed by atoms with Gasteiger partial charge in [0.2, 0.25) is 0 Å². The lowest BCUT2D eigenvalue weighted by Crippen LogP contribution is -2.40. The molecule has 1 aliphatic rings. The third-order valence-electron chi connectivity index (χ3n) is 3.84. The van der Waals surface area contributed by atoms with Crippen LogP contribution in [0.2, 0.25) is 0 Å². The predicted octanol–water partition coefficient (Wildman–Crippen LogP) is 4.05. The summed E-state index contributed by atoms with van der Waals surface area (Å²) in [6.07, 6.45) is 6.27. The van der Waals surface area contributed by atoms with Crippen LogP contribution in [0.1, 0.15) is 56.3 Å². The second-order valence-corrected chi connectivity index (χ2v) is 5.21. The highest BCUT2D eigenvalue weighted by atomic mass is 16.1. The molecule has 2 rings (SSSR count). The van der Waals surface area contributed by atoms with Gasteiger partial charge in [0.1, 0.15) is 0 Å². The van der Waals surface area contributed by atoms with Crippen molar-refractivity contribution in [3.05, 3.63) is 29.8 Å². The molecule has 0 radical (unpaired) electrons. The van der Waals surface area contributed by atoms with E-state index in [2.05, 4.69) is 17.9 Å². The van der Waals surface area contributed by atoms with Crippen LogP contribution in [0.3, 0.4) is 0 Å². The molecule has 98 valence electrons. The van der Waals surface area contributed by atoms with Crippen molar-refractivity contribution in [1.29, 1.82) is 0 Å². The maximum Gasteiger partial charge on any atom is 0.161 e. The van der Waals surface area contributed by atoms with Gasteiger partial charge >= 0.3 is 0 Å². The van der Waals surface area contributed by atoms with Crippen LogP contribution >= 0.6 is 0 Å². The minimum absolute atomic E-state index is 0.173. The average molecular weight is 245 g/mol. The van der Waals surface area contributed by atoms with Gasteiger partial charge in [-0.2, -0.15) is 0 Å². The number of rotatable bonds is 4. The number of carbonyl (C=O) groups is 1. The SMILES string of the molecule is CCCC1CCCCN1c1ccccc1C(C)=O. The largest absolute Gasteiger partial charge is 0.368 e. The van der Waals surface area contributed by atoms with Crippen molar-refractivity contribution in [2.75, 3.05) is 11.4 Å². The number of nitrogens with zero attached hydrogens (tertiary/aromatic N) is 1. The first kappa shape index (κ1) is 13.1. The number of piperidine rings is 1. The zero-order chi connectivity index (χ0) is 13.0. The van der Waals surface area contributed by atoms with Crippen LogP contribution in [0.4, 0.5) is 5.69 Å². The van der Waals surface area contributed by atoms with Crippen LogP contribution in [0, 0.1) is 0 Å². The Morgan fingerprint density at radius 3 is 2.83 bits per heavy atom. The standard InChI is InChI=1S/C16H23NO/c1-3-8-14-9-6-7-12-17(14)16-11-5-4-10-15(16)13(2)18/h4-5,10-11,14H,3,6-9,12H2,1-2H3. The summed E-state index contributed by atoms with van der Waals surface area (Å²) < 4.78 is 0. The van der Waals surface area contributed by atoms with E-state index in [1.54, 1.807) is 6.92 Å². The average Bonchev–Trinajstić information content (AvgIpc) is 2.40. The van der Waals surface area contributed by atoms with Crippen LogP contribution in [-0.2, 0) is 0 Å². The molecular formula is C16H23NO. The molecule has 0 spiro atoms. The van der Waals surface area contributed by atoms with E-state index < -0.39 is 0 Å². The molecule has 0 amide bonds. The quantitative estimate of drug-likeness (QED) is 0.746. The molecular weight excluding hydrogens is 222 g/mol. The second kappa shape index (κ2) is 6.03. The van der Waals surface area contributed by atoms with Crippen LogP contribution in [0.15, 0.2) is 24.3 Å². The summed E-state index contributed by atoms with van der Waals surface area (Å²) in [6.45, 7) is 5.00. The highest BCUT2D eigenvalue weighted by Crippen LogP contribution is 2.30. The van der Waals surface area contributed by atoms with Crippen molar-refractivity contribution in [2.24, 2.45) is 0 Å². The molecule has 1 aromatic carbocycles. The lowest BCUT2D eigenvalue weighted by molar-refractivity contribution is 0.101. The Morgan fingerprint density at radius 1 is 1.33 bits per heavy atom. The van der Waals surface area contributed by atoms with Gasteiger partial charge in [-0.05, 0) is 44.7 Å². The number of carbonyl (C=O) groups excluding carboxylic acids is 1. The van der Waals surface area contributed by atoms with Gasteiger partial charge in [-0.1, -0.05) is 25.5 Å². The van der Waals surface area contributed by atoms with Crippen LogP contribution in [0.5, 0.6) is 0 Å². The van der Waals surface area contributed by atoms with Crippen LogP contribution < -0.4 is 4.90 Å². The number of Topliss-reactive ketones (excluding diaryl/α,β-unsaturated/α-hetero) is 1. The molecule has 1 aromatic rings. The van der Waals surface area contributed by atoms with Crippen LogP contribution in [0.25, 0.3) is 0 Å². The van der Waals surface area contributed by atoms with Gasteiger partial charge in [0, 0.05) is 23.8 Å². The molecule has 0 N–H and O–H groups in total. The number of anilines is 1. The maximum atomic E-state index is 11.7. The van der Waals surface area contributed by atoms with Crippen molar-refractivity contribution >= 4 is 11.5 Å². The second-order valence-electron chi connectivity index (χ2n) is 5.21. The fraction of sp³-hybridized carbons (Fsp3) is 0.562. The first-order chi connectivity index (χ1) is 8.74. The van der Waals surface area contributed by atoms with Gasteiger partial charge in [0.15, 0.2) is 5.78 Å². The van der Waals surface area contributed by atoms with Gasteiger partial charge in [0.05, 0.1) is 0 Å². The fourth-order valence-electron chi connectivity index (χ4n) is 2.97. The molecule has 0 aliphatic carbocycles. The van der Waals surface area contributed by atoms with Gasteiger partial charge in [-0.25, -0.2) is 0 Å². The number of benzene rings is 1. The van der Waals surface area contributed by atoms with Gasteiger partial charge < -0.3 is 4.90 Å². The number of hydrogen-bond acceptors (Lipinski definition) is 2. The van der Waals surface area contributed by atoms with E-state index in [1.807, 2.05) is 18.2 Å². The molecule has 1 aliphatic heterocycles. The molecule has 1 saturated heterocycles. The van der Waals surface area contributed by atoms with Gasteiger partial charge in [-0.3, -0.25) is 4.79 Å². The van der Waals surface area contributed by atoms with E-state index in [-0.39, 0.29) is 5.78 Å². The Balaban J connectivity index is 2.30. The van der Waals surface area contributed by atoms with Crippen LogP contribution in [-0.4, -0.2) is 18.4 Å². The summed E-state index contributed by atoms with van der Waals surface area (Å²) in [6, 6.07) is 8.67. The van der Waals surface area contributed by atoms with Crippen molar-refractivity contribution in [1.82, 2.24) is 0 Å². The van der Waals surface area contributed by atoms with Crippen molar-refractivity contribution < 1.29 is 4.79 Å². The lowest BCUT2D eigenvalue weighted by atomic mass is 9.96. The summed E-state index contributed by atoms with van der Waals surface area (Å²) in [7, 11) is 0. The lowest BCUT2D eigenvalue weighted by Gasteiger charge is -2.38. The third kappa shape index (κ3) is 2.74. The van der Waals surface area contributed by atoms with Gasteiger partial charge in [0.25, 0.3) is 0 Å². The predicted molar refractivity (Wildman–Crippen MR) is 76.3 cm³/mol. The van der Waals surface area contributed by atoms with E-state index in [1.165, 1.54) is 32.1 Å². The van der Waals surface area contributed by atoms with Crippen molar-refractivity contribution in [3.63, 3.8) is 0 Å². The normalized spacial score (nSPS) is 19.9. The molecule has 2 heteroatoms. The number of para-hydroxylation sites is 1. The Labute approximate surface area is 110 Å². The fourth-order valence-corrected chi connectivity index (χ4v) is 2.97. The first-order valence-electron chi connectivity index (χ1n) is 7.10. The minimum atomic E-state index is 0.173. The molecule has 1 unspecified atom stereocenters. The van der Waals surface area contributed by atoms with Crippen molar-refractivity contribution in [2.45, 2.75) is 52.0 Å². The zero-order valence-corrected chi connectivity index (χ0v) is 11.5. The molecule has 0 saturated carbocycles. The highest BCUT2D eigenvalue weighted by Gasteiger charge is 2.24. The smallest absolute Gasteiger partial charge is 0.161 e. The molecule has 1 heterocycles. The highest BCUT2D eigenvalue weighted by molar-refractivity contribution is 5.99. The molecule has 18 heavy (non-hydrogen) atoms. The molecule has 0 bridgehead atoms. The molecule has 2 nitrogen and oxygen atoms in total. The zero-order valence-electron chi connectivity index (χ0n) is 11.5. The monoisotopic (exact) mass is 245 g/mol. The summed E-state index contributed by atoms with van der Waals surface area (Å²) in [5, 5.41) is 0. The Kier molecular flexibility index (Phi) is 4.40. The van der Waals surface area contributed by atoms with Crippen molar-refractivity contribution in [3.8, 4) is 0 Å². The summed E-state index contributed by atoms with van der Waals surface area (Å²) in [4.78, 5) is 14.2. The number of ketones is 1. The topological polar surface area (TPSA) is 20.3 Å². The molecule has 1 fully saturated rings.